The number of benzene rings is 3. The van der Waals surface area contributed by atoms with Gasteiger partial charge in [0, 0.05) is 12.1 Å². The third kappa shape index (κ3) is 8.27. The molecule has 0 saturated carbocycles. The van der Waals surface area contributed by atoms with E-state index in [4.69, 9.17) is 23.2 Å². The van der Waals surface area contributed by atoms with E-state index in [1.165, 1.54) is 17.0 Å². The van der Waals surface area contributed by atoms with Gasteiger partial charge in [-0.3, -0.25) is 13.9 Å². The number of halogens is 2. The van der Waals surface area contributed by atoms with E-state index in [2.05, 4.69) is 5.32 Å². The van der Waals surface area contributed by atoms with Crippen molar-refractivity contribution in [1.82, 2.24) is 10.2 Å². The van der Waals surface area contributed by atoms with Crippen molar-refractivity contribution in [2.24, 2.45) is 0 Å². The van der Waals surface area contributed by atoms with Crippen LogP contribution in [0.15, 0.2) is 71.6 Å². The second kappa shape index (κ2) is 13.9. The maximum Gasteiger partial charge on any atom is 0.264 e. The number of sulfonamides is 1. The van der Waals surface area contributed by atoms with Gasteiger partial charge in [0.25, 0.3) is 10.0 Å². The van der Waals surface area contributed by atoms with Crippen LogP contribution in [0.2, 0.25) is 10.0 Å². The Bertz CT molecular complexity index is 1520. The van der Waals surface area contributed by atoms with E-state index in [9.17, 15) is 18.0 Å². The lowest BCUT2D eigenvalue weighted by molar-refractivity contribution is -0.141. The molecule has 7 nitrogen and oxygen atoms in total. The van der Waals surface area contributed by atoms with Crippen LogP contribution in [0.25, 0.3) is 0 Å². The SMILES string of the molecule is CCc1ccccc1N(CC(=O)N(Cc1ccc(Cl)c(Cl)c1)[C@H](CC)C(=O)NC(C)(C)C)S(=O)(=O)c1ccc(C)cc1. The minimum atomic E-state index is -4.15. The second-order valence-electron chi connectivity index (χ2n) is 11.2. The van der Waals surface area contributed by atoms with Crippen molar-refractivity contribution < 1.29 is 18.0 Å². The van der Waals surface area contributed by atoms with Gasteiger partial charge in [0.1, 0.15) is 12.6 Å². The van der Waals surface area contributed by atoms with Crippen LogP contribution in [-0.4, -0.2) is 43.3 Å². The maximum absolute atomic E-state index is 14.3. The number of carbonyl (C=O) groups excluding carboxylic acids is 2. The van der Waals surface area contributed by atoms with E-state index in [1.807, 2.05) is 53.7 Å². The third-order valence-corrected chi connectivity index (χ3v) is 9.26. The molecule has 0 radical (unpaired) electrons. The van der Waals surface area contributed by atoms with Gasteiger partial charge in [0.15, 0.2) is 0 Å². The van der Waals surface area contributed by atoms with Crippen molar-refractivity contribution >= 4 is 50.7 Å². The first-order chi connectivity index (χ1) is 19.7. The highest BCUT2D eigenvalue weighted by molar-refractivity contribution is 7.92. The molecule has 226 valence electrons. The maximum atomic E-state index is 14.3. The third-order valence-electron chi connectivity index (χ3n) is 6.75. The molecular weight excluding hydrogens is 593 g/mol. The first-order valence-electron chi connectivity index (χ1n) is 13.9. The summed E-state index contributed by atoms with van der Waals surface area (Å²) < 4.78 is 29.4. The van der Waals surface area contributed by atoms with Crippen LogP contribution in [0.5, 0.6) is 0 Å². The van der Waals surface area contributed by atoms with E-state index < -0.39 is 34.1 Å². The van der Waals surface area contributed by atoms with E-state index in [-0.39, 0.29) is 17.3 Å². The van der Waals surface area contributed by atoms with Crippen LogP contribution in [-0.2, 0) is 32.6 Å². The van der Waals surface area contributed by atoms with Crippen LogP contribution in [0.3, 0.4) is 0 Å². The number of nitrogens with one attached hydrogen (secondary N) is 1. The zero-order valence-corrected chi connectivity index (χ0v) is 27.3. The highest BCUT2D eigenvalue weighted by Gasteiger charge is 2.35. The number of carbonyl (C=O) groups is 2. The molecule has 0 aliphatic rings. The number of hydrogen-bond acceptors (Lipinski definition) is 4. The highest BCUT2D eigenvalue weighted by atomic mass is 35.5. The molecule has 0 spiro atoms. The summed E-state index contributed by atoms with van der Waals surface area (Å²) in [6.07, 6.45) is 0.869. The number of hydrogen-bond donors (Lipinski definition) is 1. The molecule has 42 heavy (non-hydrogen) atoms. The van der Waals surface area contributed by atoms with Crippen LogP contribution in [0, 0.1) is 6.92 Å². The zero-order valence-electron chi connectivity index (χ0n) is 24.9. The summed E-state index contributed by atoms with van der Waals surface area (Å²) >= 11 is 12.4. The molecule has 0 aliphatic heterocycles. The Morgan fingerprint density at radius 1 is 0.929 bits per heavy atom. The van der Waals surface area contributed by atoms with Gasteiger partial charge < -0.3 is 10.2 Å². The zero-order chi connectivity index (χ0) is 31.2. The first kappa shape index (κ1) is 33.4. The molecule has 1 N–H and O–H groups in total. The van der Waals surface area contributed by atoms with Crippen LogP contribution in [0.1, 0.15) is 57.7 Å². The monoisotopic (exact) mass is 631 g/mol. The van der Waals surface area contributed by atoms with Crippen molar-refractivity contribution in [2.75, 3.05) is 10.8 Å². The molecule has 0 unspecified atom stereocenters. The summed E-state index contributed by atoms with van der Waals surface area (Å²) in [5.41, 5.74) is 2.21. The predicted octanol–water partition coefficient (Wildman–Crippen LogP) is 6.78. The van der Waals surface area contributed by atoms with Crippen LogP contribution < -0.4 is 9.62 Å². The predicted molar refractivity (Wildman–Crippen MR) is 171 cm³/mol. The first-order valence-corrected chi connectivity index (χ1v) is 16.1. The molecule has 0 aromatic heterocycles. The Kier molecular flexibility index (Phi) is 11.1. The van der Waals surface area contributed by atoms with E-state index in [1.54, 1.807) is 42.5 Å². The largest absolute Gasteiger partial charge is 0.350 e. The molecule has 3 rings (SSSR count). The smallest absolute Gasteiger partial charge is 0.264 e. The number of nitrogens with zero attached hydrogens (tertiary/aromatic N) is 2. The fraction of sp³-hybridized carbons (Fsp3) is 0.375. The molecule has 0 aliphatic carbocycles. The van der Waals surface area contributed by atoms with E-state index in [0.29, 0.717) is 34.1 Å². The molecule has 3 aromatic carbocycles. The van der Waals surface area contributed by atoms with Crippen molar-refractivity contribution in [3.8, 4) is 0 Å². The molecule has 0 saturated heterocycles. The average Bonchev–Trinajstić information content (AvgIpc) is 2.92. The summed E-state index contributed by atoms with van der Waals surface area (Å²) in [5, 5.41) is 3.64. The second-order valence-corrected chi connectivity index (χ2v) is 13.9. The Labute approximate surface area is 259 Å². The lowest BCUT2D eigenvalue weighted by Crippen LogP contribution is -2.55. The van der Waals surface area contributed by atoms with Gasteiger partial charge in [-0.2, -0.15) is 0 Å². The van der Waals surface area contributed by atoms with E-state index in [0.717, 1.165) is 15.4 Å². The standard InChI is InChI=1S/C32H39Cl2N3O4S/c1-7-24-11-9-10-12-29(24)37(42(40,41)25-16-13-22(3)14-17-25)21-30(38)36(20-23-15-18-26(33)27(34)19-23)28(8-2)31(39)35-32(4,5)6/h9-19,28H,7-8,20-21H2,1-6H3,(H,35,39)/t28-/m1/s1. The Balaban J connectivity index is 2.12. The van der Waals surface area contributed by atoms with Crippen LogP contribution >= 0.6 is 23.2 Å². The van der Waals surface area contributed by atoms with Gasteiger partial charge in [-0.1, -0.05) is 79.0 Å². The Morgan fingerprint density at radius 3 is 2.14 bits per heavy atom. The van der Waals surface area contributed by atoms with E-state index >= 15 is 0 Å². The summed E-state index contributed by atoms with van der Waals surface area (Å²) in [5.74, 6) is -0.862. The topological polar surface area (TPSA) is 86.8 Å². The minimum absolute atomic E-state index is 0.0274. The van der Waals surface area contributed by atoms with Gasteiger partial charge >= 0.3 is 0 Å². The van der Waals surface area contributed by atoms with Crippen molar-refractivity contribution in [3.63, 3.8) is 0 Å². The quantitative estimate of drug-likeness (QED) is 0.253. The highest BCUT2D eigenvalue weighted by Crippen LogP contribution is 2.29. The van der Waals surface area contributed by atoms with Gasteiger partial charge in [-0.15, -0.1) is 0 Å². The fourth-order valence-electron chi connectivity index (χ4n) is 4.61. The summed E-state index contributed by atoms with van der Waals surface area (Å²) in [7, 11) is -4.15. The Morgan fingerprint density at radius 2 is 1.57 bits per heavy atom. The molecular formula is C32H39Cl2N3O4S. The van der Waals surface area contributed by atoms with Crippen molar-refractivity contribution in [1.29, 1.82) is 0 Å². The number of rotatable bonds is 11. The average molecular weight is 633 g/mol. The number of anilines is 1. The van der Waals surface area contributed by atoms with Gasteiger partial charge in [0.05, 0.1) is 20.6 Å². The summed E-state index contributed by atoms with van der Waals surface area (Å²) in [6.45, 7) is 10.7. The molecule has 0 fully saturated rings. The lowest BCUT2D eigenvalue weighted by atomic mass is 10.1. The number of aryl methyl sites for hydroxylation is 2. The molecule has 0 bridgehead atoms. The Hall–Kier alpha value is -3.07. The molecule has 2 amide bonds. The van der Waals surface area contributed by atoms with Crippen LogP contribution in [0.4, 0.5) is 5.69 Å². The lowest BCUT2D eigenvalue weighted by Gasteiger charge is -2.35. The molecule has 0 heterocycles. The minimum Gasteiger partial charge on any atom is -0.350 e. The summed E-state index contributed by atoms with van der Waals surface area (Å²) in [6, 6.07) is 17.8. The summed E-state index contributed by atoms with van der Waals surface area (Å²) in [4.78, 5) is 29.2. The van der Waals surface area contributed by atoms with Crippen molar-refractivity contribution in [3.05, 3.63) is 93.5 Å². The molecule has 10 heteroatoms. The fourth-order valence-corrected chi connectivity index (χ4v) is 6.38. The number of amides is 2. The van der Waals surface area contributed by atoms with Gasteiger partial charge in [-0.25, -0.2) is 8.42 Å². The molecule has 3 aromatic rings. The van der Waals surface area contributed by atoms with Gasteiger partial charge in [0.2, 0.25) is 11.8 Å². The normalized spacial score (nSPS) is 12.5. The van der Waals surface area contributed by atoms with Crippen molar-refractivity contribution in [2.45, 2.75) is 77.4 Å². The number of para-hydroxylation sites is 1. The van der Waals surface area contributed by atoms with Gasteiger partial charge in [-0.05, 0) is 82.0 Å². The molecule has 1 atom stereocenters.